The maximum absolute atomic E-state index is 5.82. The van der Waals surface area contributed by atoms with Crippen LogP contribution in [0.4, 0.5) is 17.2 Å². The van der Waals surface area contributed by atoms with E-state index in [4.69, 9.17) is 9.47 Å². The van der Waals surface area contributed by atoms with Gasteiger partial charge in [-0.05, 0) is 36.8 Å². The molecular formula is C19H18N4O2. The highest BCUT2D eigenvalue weighted by molar-refractivity contribution is 5.77. The molecule has 3 aromatic rings. The molecule has 3 heterocycles. The molecule has 0 spiro atoms. The average Bonchev–Trinajstić information content (AvgIpc) is 3.08. The Labute approximate surface area is 146 Å². The topological polar surface area (TPSA) is 59.5 Å². The van der Waals surface area contributed by atoms with Crippen molar-refractivity contribution in [1.82, 2.24) is 9.97 Å². The third kappa shape index (κ3) is 2.94. The van der Waals surface area contributed by atoms with Gasteiger partial charge in [0.2, 0.25) is 5.88 Å². The van der Waals surface area contributed by atoms with Crippen LogP contribution < -0.4 is 19.7 Å². The molecule has 0 radical (unpaired) electrons. The number of aryl methyl sites for hydroxylation is 1. The fourth-order valence-corrected chi connectivity index (χ4v) is 2.78. The van der Waals surface area contributed by atoms with Gasteiger partial charge < -0.3 is 19.7 Å². The van der Waals surface area contributed by atoms with E-state index in [1.54, 1.807) is 19.5 Å². The molecule has 1 aromatic carbocycles. The van der Waals surface area contributed by atoms with E-state index in [9.17, 15) is 0 Å². The lowest BCUT2D eigenvalue weighted by atomic mass is 10.2. The Balaban J connectivity index is 1.53. The van der Waals surface area contributed by atoms with Gasteiger partial charge in [0.05, 0.1) is 31.4 Å². The number of pyridine rings is 2. The van der Waals surface area contributed by atoms with Crippen molar-refractivity contribution in [1.29, 1.82) is 0 Å². The van der Waals surface area contributed by atoms with Crippen molar-refractivity contribution >= 4 is 17.2 Å². The molecule has 0 atom stereocenters. The quantitative estimate of drug-likeness (QED) is 0.775. The van der Waals surface area contributed by atoms with Gasteiger partial charge in [-0.15, -0.1) is 0 Å². The second-order valence-corrected chi connectivity index (χ2v) is 5.73. The molecule has 25 heavy (non-hydrogen) atoms. The third-order valence-electron chi connectivity index (χ3n) is 4.10. The average molecular weight is 334 g/mol. The summed E-state index contributed by atoms with van der Waals surface area (Å²) in [5, 5.41) is 3.31. The summed E-state index contributed by atoms with van der Waals surface area (Å²) in [6.45, 7) is 2.66. The highest BCUT2D eigenvalue weighted by Crippen LogP contribution is 2.35. The van der Waals surface area contributed by atoms with Crippen molar-refractivity contribution in [3.05, 3.63) is 60.4 Å². The van der Waals surface area contributed by atoms with Crippen LogP contribution in [0.5, 0.6) is 17.4 Å². The van der Waals surface area contributed by atoms with E-state index in [0.717, 1.165) is 28.5 Å². The molecule has 0 fully saturated rings. The number of aromatic nitrogens is 2. The smallest absolute Gasteiger partial charge is 0.219 e. The Hall–Kier alpha value is -3.28. The van der Waals surface area contributed by atoms with E-state index >= 15 is 0 Å². The van der Waals surface area contributed by atoms with Gasteiger partial charge >= 0.3 is 0 Å². The van der Waals surface area contributed by atoms with Gasteiger partial charge in [-0.25, -0.2) is 9.97 Å². The normalized spacial score (nSPS) is 12.5. The van der Waals surface area contributed by atoms with Gasteiger partial charge in [0.25, 0.3) is 0 Å². The Morgan fingerprint density at radius 3 is 2.84 bits per heavy atom. The number of ether oxygens (including phenoxy) is 2. The fourth-order valence-electron chi connectivity index (χ4n) is 2.78. The number of anilines is 3. The molecule has 0 saturated heterocycles. The second-order valence-electron chi connectivity index (χ2n) is 5.73. The van der Waals surface area contributed by atoms with Crippen molar-refractivity contribution in [3.8, 4) is 17.4 Å². The number of fused-ring (bicyclic) bond motifs is 1. The Morgan fingerprint density at radius 2 is 2.04 bits per heavy atom. The van der Waals surface area contributed by atoms with Crippen LogP contribution in [0, 0.1) is 6.92 Å². The molecule has 1 N–H and O–H groups in total. The van der Waals surface area contributed by atoms with Gasteiger partial charge in [-0.2, -0.15) is 0 Å². The van der Waals surface area contributed by atoms with E-state index < -0.39 is 0 Å². The Bertz CT molecular complexity index is 896. The lowest BCUT2D eigenvalue weighted by Crippen LogP contribution is -2.17. The molecule has 6 nitrogen and oxygen atoms in total. The van der Waals surface area contributed by atoms with Crippen LogP contribution in [-0.2, 0) is 0 Å². The van der Waals surface area contributed by atoms with Gasteiger partial charge in [-0.1, -0.05) is 6.07 Å². The van der Waals surface area contributed by atoms with Gasteiger partial charge in [-0.3, -0.25) is 0 Å². The molecule has 4 rings (SSSR count). The van der Waals surface area contributed by atoms with Gasteiger partial charge in [0.1, 0.15) is 11.5 Å². The third-order valence-corrected chi connectivity index (χ3v) is 4.10. The molecule has 0 amide bonds. The predicted octanol–water partition coefficient (Wildman–Crippen LogP) is 4.11. The maximum atomic E-state index is 5.82. The van der Waals surface area contributed by atoms with Crippen LogP contribution in [0.3, 0.4) is 0 Å². The highest BCUT2D eigenvalue weighted by Gasteiger charge is 2.21. The first-order valence-corrected chi connectivity index (χ1v) is 7.99. The largest absolute Gasteiger partial charge is 0.496 e. The molecule has 0 unspecified atom stereocenters. The molecule has 1 aliphatic rings. The number of hydrogen-bond donors (Lipinski definition) is 1. The maximum Gasteiger partial charge on any atom is 0.219 e. The summed E-state index contributed by atoms with van der Waals surface area (Å²) in [6.07, 6.45) is 3.57. The first-order valence-electron chi connectivity index (χ1n) is 7.99. The van der Waals surface area contributed by atoms with Crippen LogP contribution in [0.25, 0.3) is 0 Å². The van der Waals surface area contributed by atoms with Crippen molar-refractivity contribution in [2.24, 2.45) is 0 Å². The molecule has 6 heteroatoms. The van der Waals surface area contributed by atoms with Gasteiger partial charge in [0.15, 0.2) is 5.82 Å². The minimum atomic E-state index is 0.531. The summed E-state index contributed by atoms with van der Waals surface area (Å²) >= 11 is 0. The second kappa shape index (κ2) is 6.32. The van der Waals surface area contributed by atoms with Crippen LogP contribution in [-0.4, -0.2) is 23.7 Å². The van der Waals surface area contributed by atoms with Crippen molar-refractivity contribution in [2.75, 3.05) is 24.0 Å². The summed E-state index contributed by atoms with van der Waals surface area (Å²) in [6, 6.07) is 13.5. The zero-order chi connectivity index (χ0) is 17.2. The van der Waals surface area contributed by atoms with E-state index in [2.05, 4.69) is 20.2 Å². The standard InChI is InChI=1S/C19H18N4O2/c1-13-5-7-15(10-17(13)24-2)25-18-8-6-14(11-21-18)23-12-22-16-4-3-9-20-19(16)23/h3-11,22H,12H2,1-2H3. The molecular weight excluding hydrogens is 316 g/mol. The fraction of sp³-hybridized carbons (Fsp3) is 0.158. The Morgan fingerprint density at radius 1 is 1.12 bits per heavy atom. The SMILES string of the molecule is COc1cc(Oc2ccc(N3CNc4cccnc43)cn2)ccc1C. The first-order chi connectivity index (χ1) is 12.2. The molecule has 0 bridgehead atoms. The summed E-state index contributed by atoms with van der Waals surface area (Å²) in [5.41, 5.74) is 3.04. The lowest BCUT2D eigenvalue weighted by Gasteiger charge is -2.16. The predicted molar refractivity (Wildman–Crippen MR) is 96.9 cm³/mol. The monoisotopic (exact) mass is 334 g/mol. The molecule has 2 aromatic heterocycles. The van der Waals surface area contributed by atoms with Crippen molar-refractivity contribution in [3.63, 3.8) is 0 Å². The van der Waals surface area contributed by atoms with Gasteiger partial charge in [0, 0.05) is 18.3 Å². The van der Waals surface area contributed by atoms with E-state index in [1.807, 2.05) is 49.4 Å². The molecule has 0 saturated carbocycles. The molecule has 1 aliphatic heterocycles. The Kier molecular flexibility index (Phi) is 3.85. The minimum absolute atomic E-state index is 0.531. The van der Waals surface area contributed by atoms with E-state index in [-0.39, 0.29) is 0 Å². The minimum Gasteiger partial charge on any atom is -0.496 e. The summed E-state index contributed by atoms with van der Waals surface area (Å²) in [4.78, 5) is 10.9. The van der Waals surface area contributed by atoms with Crippen LogP contribution in [0.1, 0.15) is 5.56 Å². The number of rotatable bonds is 4. The highest BCUT2D eigenvalue weighted by atomic mass is 16.5. The zero-order valence-electron chi connectivity index (χ0n) is 14.1. The van der Waals surface area contributed by atoms with Crippen LogP contribution >= 0.6 is 0 Å². The van der Waals surface area contributed by atoms with E-state index in [1.165, 1.54) is 0 Å². The summed E-state index contributed by atoms with van der Waals surface area (Å²) in [7, 11) is 1.65. The van der Waals surface area contributed by atoms with Crippen LogP contribution in [0.2, 0.25) is 0 Å². The number of methoxy groups -OCH3 is 1. The number of benzene rings is 1. The number of nitrogens with one attached hydrogen (secondary N) is 1. The van der Waals surface area contributed by atoms with E-state index in [0.29, 0.717) is 18.3 Å². The summed E-state index contributed by atoms with van der Waals surface area (Å²) < 4.78 is 11.1. The molecule has 0 aliphatic carbocycles. The zero-order valence-corrected chi connectivity index (χ0v) is 14.1. The van der Waals surface area contributed by atoms with Crippen LogP contribution in [0.15, 0.2) is 54.9 Å². The lowest BCUT2D eigenvalue weighted by molar-refractivity contribution is 0.404. The van der Waals surface area contributed by atoms with Crippen molar-refractivity contribution < 1.29 is 9.47 Å². The first kappa shape index (κ1) is 15.3. The van der Waals surface area contributed by atoms with Crippen molar-refractivity contribution in [2.45, 2.75) is 6.92 Å². The number of nitrogens with zero attached hydrogens (tertiary/aromatic N) is 3. The summed E-state index contributed by atoms with van der Waals surface area (Å²) in [5.74, 6) is 2.92. The molecule has 126 valence electrons. The number of hydrogen-bond acceptors (Lipinski definition) is 6.